The van der Waals surface area contributed by atoms with Gasteiger partial charge in [-0.1, -0.05) is 54.6 Å². The fraction of sp³-hybridized carbons (Fsp3) is 0.174. The molecule has 0 saturated heterocycles. The smallest absolute Gasteiger partial charge is 0.174 e. The molecule has 0 bridgehead atoms. The van der Waals surface area contributed by atoms with Gasteiger partial charge in [-0.3, -0.25) is 4.79 Å². The molecule has 26 heavy (non-hydrogen) atoms. The minimum Gasteiger partial charge on any atom is -0.295 e. The minimum absolute atomic E-state index is 0. The molecule has 1 saturated carbocycles. The van der Waals surface area contributed by atoms with E-state index in [-0.39, 0.29) is 28.3 Å². The molecule has 0 atom stereocenters. The second-order valence-corrected chi connectivity index (χ2v) is 10.2. The molecule has 4 rings (SSSR count). The van der Waals surface area contributed by atoms with Gasteiger partial charge in [0, 0.05) is 28.3 Å². The summed E-state index contributed by atoms with van der Waals surface area (Å²) in [6.45, 7) is 0. The fourth-order valence-corrected chi connectivity index (χ4v) is 7.75. The number of carbonyl (C=O) groups excluding carboxylic acids is 1. The van der Waals surface area contributed by atoms with E-state index in [0.717, 1.165) is 12.8 Å². The largest absolute Gasteiger partial charge is 0.295 e. The number of benzene rings is 3. The zero-order valence-electron chi connectivity index (χ0n) is 14.5. The number of Topliss-reactive ketones (excluding diaryl/α,β-unsaturated/α-hetero) is 1. The van der Waals surface area contributed by atoms with Gasteiger partial charge in [-0.2, -0.15) is 0 Å². The van der Waals surface area contributed by atoms with E-state index in [1.54, 1.807) is 0 Å². The summed E-state index contributed by atoms with van der Waals surface area (Å²) in [4.78, 5) is 13.0. The van der Waals surface area contributed by atoms with Crippen molar-refractivity contribution in [1.29, 1.82) is 0 Å². The summed E-state index contributed by atoms with van der Waals surface area (Å²) in [5, 5.41) is 3.88. The Balaban J connectivity index is 0.00000196. The van der Waals surface area contributed by atoms with Crippen molar-refractivity contribution in [3.63, 3.8) is 0 Å². The maximum atomic E-state index is 13.0. The molecule has 135 valence electrons. The van der Waals surface area contributed by atoms with Crippen LogP contribution in [0.3, 0.4) is 0 Å². The van der Waals surface area contributed by atoms with Gasteiger partial charge in [0.2, 0.25) is 0 Å². The van der Waals surface area contributed by atoms with Gasteiger partial charge in [0.1, 0.15) is 29.3 Å². The molecule has 1 aliphatic carbocycles. The van der Waals surface area contributed by atoms with Crippen molar-refractivity contribution in [2.45, 2.75) is 12.8 Å². The number of rotatable bonds is 6. The van der Waals surface area contributed by atoms with Gasteiger partial charge in [0.15, 0.2) is 5.78 Å². The fourth-order valence-electron chi connectivity index (χ4n) is 3.54. The van der Waals surface area contributed by atoms with Gasteiger partial charge in [-0.15, -0.1) is 0 Å². The molecular formula is C23H22AuOP+. The Morgan fingerprint density at radius 3 is 1.35 bits per heavy atom. The van der Waals surface area contributed by atoms with Crippen LogP contribution in [0.25, 0.3) is 0 Å². The molecule has 0 unspecified atom stereocenters. The number of ketones is 1. The molecule has 3 aromatic carbocycles. The number of carbonyl (C=O) groups is 1. The molecule has 0 spiro atoms. The first kappa shape index (κ1) is 19.3. The van der Waals surface area contributed by atoms with Crippen molar-refractivity contribution in [3.8, 4) is 0 Å². The van der Waals surface area contributed by atoms with Crippen LogP contribution in [0.1, 0.15) is 12.8 Å². The van der Waals surface area contributed by atoms with Crippen molar-refractivity contribution in [2.24, 2.45) is 5.92 Å². The van der Waals surface area contributed by atoms with Crippen molar-refractivity contribution >= 4 is 29.0 Å². The van der Waals surface area contributed by atoms with Crippen molar-refractivity contribution in [2.75, 3.05) is 6.16 Å². The zero-order chi connectivity index (χ0) is 17.1. The van der Waals surface area contributed by atoms with Crippen LogP contribution >= 0.6 is 7.26 Å². The van der Waals surface area contributed by atoms with E-state index in [2.05, 4.69) is 91.0 Å². The Morgan fingerprint density at radius 2 is 1.04 bits per heavy atom. The van der Waals surface area contributed by atoms with Crippen molar-refractivity contribution in [1.82, 2.24) is 0 Å². The predicted molar refractivity (Wildman–Crippen MR) is 108 cm³/mol. The normalized spacial score (nSPS) is 13.7. The Kier molecular flexibility index (Phi) is 6.27. The van der Waals surface area contributed by atoms with E-state index in [1.807, 2.05) is 0 Å². The molecule has 0 heterocycles. The SMILES string of the molecule is O=C(C[P+](c1ccccc1)(c1ccccc1)c1ccccc1)C1CC1.[Au]. The van der Waals surface area contributed by atoms with Crippen LogP contribution in [0, 0.1) is 5.92 Å². The number of hydrogen-bond donors (Lipinski definition) is 0. The van der Waals surface area contributed by atoms with Crippen LogP contribution in [-0.2, 0) is 27.2 Å². The molecular weight excluding hydrogens is 520 g/mol. The van der Waals surface area contributed by atoms with Gasteiger partial charge in [0.25, 0.3) is 0 Å². The van der Waals surface area contributed by atoms with Crippen LogP contribution in [0.15, 0.2) is 91.0 Å². The average molecular weight is 542 g/mol. The van der Waals surface area contributed by atoms with E-state index < -0.39 is 7.26 Å². The van der Waals surface area contributed by atoms with Gasteiger partial charge in [-0.25, -0.2) is 0 Å². The Morgan fingerprint density at radius 1 is 0.692 bits per heavy atom. The molecule has 0 N–H and O–H groups in total. The van der Waals surface area contributed by atoms with E-state index >= 15 is 0 Å². The van der Waals surface area contributed by atoms with E-state index in [4.69, 9.17) is 0 Å². The van der Waals surface area contributed by atoms with Gasteiger partial charge >= 0.3 is 0 Å². The molecule has 0 aliphatic heterocycles. The first-order valence-electron chi connectivity index (χ1n) is 8.88. The zero-order valence-corrected chi connectivity index (χ0v) is 17.6. The van der Waals surface area contributed by atoms with Crippen LogP contribution < -0.4 is 15.9 Å². The third kappa shape index (κ3) is 3.77. The van der Waals surface area contributed by atoms with E-state index in [9.17, 15) is 4.79 Å². The molecule has 1 fully saturated rings. The molecule has 1 aliphatic rings. The Hall–Kier alpha value is -1.50. The van der Waals surface area contributed by atoms with Crippen LogP contribution in [0.4, 0.5) is 0 Å². The van der Waals surface area contributed by atoms with Crippen LogP contribution in [0.2, 0.25) is 0 Å². The summed E-state index contributed by atoms with van der Waals surface area (Å²) >= 11 is 0. The summed E-state index contributed by atoms with van der Waals surface area (Å²) in [5.74, 6) is 0.723. The van der Waals surface area contributed by atoms with E-state index in [1.165, 1.54) is 15.9 Å². The topological polar surface area (TPSA) is 17.1 Å². The summed E-state index contributed by atoms with van der Waals surface area (Å²) in [6.07, 6.45) is 2.77. The minimum atomic E-state index is -1.97. The number of hydrogen-bond acceptors (Lipinski definition) is 1. The maximum Gasteiger partial charge on any atom is 0.174 e. The first-order valence-corrected chi connectivity index (χ1v) is 10.9. The van der Waals surface area contributed by atoms with E-state index in [0.29, 0.717) is 11.9 Å². The monoisotopic (exact) mass is 542 g/mol. The van der Waals surface area contributed by atoms with Crippen LogP contribution in [0.5, 0.6) is 0 Å². The van der Waals surface area contributed by atoms with Gasteiger partial charge in [0.05, 0.1) is 0 Å². The summed E-state index contributed by atoms with van der Waals surface area (Å²) in [5.41, 5.74) is 0. The standard InChI is InChI=1S/C23H22OP.Au/c24-23(19-16-17-19)18-25(20-10-4-1-5-11-20,21-12-6-2-7-13-21)22-14-8-3-9-15-22;/h1-15,19H,16-18H2;/q+1;. The molecule has 0 amide bonds. The molecule has 1 nitrogen and oxygen atoms in total. The summed E-state index contributed by atoms with van der Waals surface area (Å²) in [6, 6.07) is 31.9. The Labute approximate surface area is 171 Å². The second-order valence-electron chi connectivity index (χ2n) is 6.72. The Bertz CT molecular complexity index is 748. The molecule has 1 radical (unpaired) electrons. The molecule has 0 aromatic heterocycles. The van der Waals surface area contributed by atoms with Gasteiger partial charge < -0.3 is 0 Å². The van der Waals surface area contributed by atoms with Crippen molar-refractivity contribution < 1.29 is 27.2 Å². The average Bonchev–Trinajstić information content (AvgIpc) is 3.53. The third-order valence-electron chi connectivity index (χ3n) is 5.02. The predicted octanol–water partition coefficient (Wildman–Crippen LogP) is 3.96. The summed E-state index contributed by atoms with van der Waals surface area (Å²) in [7, 11) is -1.97. The van der Waals surface area contributed by atoms with Gasteiger partial charge in [-0.05, 0) is 49.2 Å². The first-order chi connectivity index (χ1) is 12.3. The molecule has 3 heteroatoms. The molecule has 3 aromatic rings. The van der Waals surface area contributed by atoms with Crippen molar-refractivity contribution in [3.05, 3.63) is 91.0 Å². The maximum absolute atomic E-state index is 13.0. The summed E-state index contributed by atoms with van der Waals surface area (Å²) < 4.78 is 0. The van der Waals surface area contributed by atoms with Crippen LogP contribution in [-0.4, -0.2) is 11.9 Å². The third-order valence-corrected chi connectivity index (χ3v) is 9.34. The quantitative estimate of drug-likeness (QED) is 0.341. The second kappa shape index (κ2) is 8.46.